The van der Waals surface area contributed by atoms with Crippen LogP contribution in [0, 0.1) is 26.7 Å². The zero-order valence-corrected chi connectivity index (χ0v) is 13.4. The second-order valence-corrected chi connectivity index (χ2v) is 5.82. The number of benzene rings is 3. The van der Waals surface area contributed by atoms with Crippen molar-refractivity contribution in [1.29, 1.82) is 0 Å². The Labute approximate surface area is 133 Å². The third-order valence-electron chi connectivity index (χ3n) is 4.24. The fourth-order valence-electron chi connectivity index (χ4n) is 3.00. The van der Waals surface area contributed by atoms with Crippen molar-refractivity contribution in [2.24, 2.45) is 0 Å². The Morgan fingerprint density at radius 3 is 1.00 bits per heavy atom. The lowest BCUT2D eigenvalue weighted by molar-refractivity contribution is 1.15. The lowest BCUT2D eigenvalue weighted by Crippen LogP contribution is -2.09. The minimum atomic E-state index is 1.31. The van der Waals surface area contributed by atoms with Crippen LogP contribution in [0.2, 0.25) is 0 Å². The van der Waals surface area contributed by atoms with Gasteiger partial charge in [0, 0.05) is 0 Å². The third kappa shape index (κ3) is 2.69. The van der Waals surface area contributed by atoms with Crippen LogP contribution in [0.25, 0.3) is 0 Å². The van der Waals surface area contributed by atoms with Gasteiger partial charge in [-0.2, -0.15) is 0 Å². The van der Waals surface area contributed by atoms with Crippen molar-refractivity contribution in [2.45, 2.75) is 20.8 Å². The van der Waals surface area contributed by atoms with E-state index >= 15 is 0 Å². The highest BCUT2D eigenvalue weighted by atomic mass is 14.2. The van der Waals surface area contributed by atoms with Gasteiger partial charge in [0.25, 0.3) is 0 Å². The first-order chi connectivity index (χ1) is 10.7. The SMILES string of the molecule is Cc1ccccc1[C](c1ccccc1C)c1ccccc1C. The predicted octanol–water partition coefficient (Wildman–Crippen LogP) is 5.63. The van der Waals surface area contributed by atoms with E-state index in [1.807, 2.05) is 0 Å². The molecule has 0 heteroatoms. The Hall–Kier alpha value is -2.34. The fraction of sp³-hybridized carbons (Fsp3) is 0.136. The lowest BCUT2D eigenvalue weighted by atomic mass is 9.80. The van der Waals surface area contributed by atoms with Crippen LogP contribution in [0.5, 0.6) is 0 Å². The Morgan fingerprint density at radius 1 is 0.455 bits per heavy atom. The van der Waals surface area contributed by atoms with E-state index in [1.165, 1.54) is 39.3 Å². The van der Waals surface area contributed by atoms with Crippen LogP contribution < -0.4 is 0 Å². The molecule has 0 aliphatic carbocycles. The van der Waals surface area contributed by atoms with Gasteiger partial charge in [0.15, 0.2) is 0 Å². The molecule has 0 heterocycles. The highest BCUT2D eigenvalue weighted by Gasteiger charge is 2.22. The van der Waals surface area contributed by atoms with Crippen molar-refractivity contribution in [1.82, 2.24) is 0 Å². The molecule has 0 bridgehead atoms. The molecule has 0 nitrogen and oxygen atoms in total. The molecule has 3 aromatic carbocycles. The Balaban J connectivity index is 2.27. The second kappa shape index (κ2) is 6.19. The van der Waals surface area contributed by atoms with Crippen LogP contribution in [-0.4, -0.2) is 0 Å². The first-order valence-electron chi connectivity index (χ1n) is 7.73. The number of hydrogen-bond acceptors (Lipinski definition) is 0. The molecule has 3 aromatic rings. The molecule has 0 saturated heterocycles. The summed E-state index contributed by atoms with van der Waals surface area (Å²) in [6.07, 6.45) is 0. The molecular formula is C22H21. The molecule has 0 spiro atoms. The van der Waals surface area contributed by atoms with E-state index in [0.717, 1.165) is 0 Å². The molecule has 0 aliphatic rings. The van der Waals surface area contributed by atoms with Crippen LogP contribution in [-0.2, 0) is 0 Å². The molecule has 0 aromatic heterocycles. The molecule has 0 unspecified atom stereocenters. The molecule has 0 amide bonds. The summed E-state index contributed by atoms with van der Waals surface area (Å²) in [5.41, 5.74) is 7.86. The van der Waals surface area contributed by atoms with Crippen LogP contribution in [0.3, 0.4) is 0 Å². The number of aryl methyl sites for hydroxylation is 3. The van der Waals surface area contributed by atoms with E-state index in [2.05, 4.69) is 93.6 Å². The highest BCUT2D eigenvalue weighted by Crippen LogP contribution is 2.35. The van der Waals surface area contributed by atoms with Crippen molar-refractivity contribution < 1.29 is 0 Å². The summed E-state index contributed by atoms with van der Waals surface area (Å²) in [6.45, 7) is 6.56. The molecule has 0 N–H and O–H groups in total. The molecular weight excluding hydrogens is 264 g/mol. The monoisotopic (exact) mass is 285 g/mol. The molecule has 0 fully saturated rings. The fourth-order valence-corrected chi connectivity index (χ4v) is 3.00. The predicted molar refractivity (Wildman–Crippen MR) is 94.1 cm³/mol. The summed E-state index contributed by atoms with van der Waals surface area (Å²) >= 11 is 0. The van der Waals surface area contributed by atoms with Crippen molar-refractivity contribution in [3.8, 4) is 0 Å². The average molecular weight is 285 g/mol. The first kappa shape index (κ1) is 14.6. The first-order valence-corrected chi connectivity index (χ1v) is 7.73. The normalized spacial score (nSPS) is 10.9. The zero-order chi connectivity index (χ0) is 15.5. The quantitative estimate of drug-likeness (QED) is 0.547. The van der Waals surface area contributed by atoms with Gasteiger partial charge in [-0.15, -0.1) is 0 Å². The Kier molecular flexibility index (Phi) is 4.11. The van der Waals surface area contributed by atoms with Gasteiger partial charge in [0.1, 0.15) is 0 Å². The van der Waals surface area contributed by atoms with E-state index < -0.39 is 0 Å². The van der Waals surface area contributed by atoms with Crippen molar-refractivity contribution >= 4 is 0 Å². The Morgan fingerprint density at radius 2 is 0.727 bits per heavy atom. The van der Waals surface area contributed by atoms with E-state index in [4.69, 9.17) is 0 Å². The molecule has 3 rings (SSSR count). The smallest absolute Gasteiger partial charge is 0.0620 e. The average Bonchev–Trinajstić information content (AvgIpc) is 2.53. The minimum absolute atomic E-state index is 1.31. The summed E-state index contributed by atoms with van der Waals surface area (Å²) in [7, 11) is 0. The Bertz CT molecular complexity index is 675. The van der Waals surface area contributed by atoms with Crippen LogP contribution in [0.1, 0.15) is 33.4 Å². The van der Waals surface area contributed by atoms with Crippen LogP contribution in [0.15, 0.2) is 72.8 Å². The maximum absolute atomic E-state index is 2.23. The van der Waals surface area contributed by atoms with Crippen LogP contribution in [0.4, 0.5) is 0 Å². The van der Waals surface area contributed by atoms with Crippen LogP contribution >= 0.6 is 0 Å². The minimum Gasteiger partial charge on any atom is -0.0620 e. The summed E-state index contributed by atoms with van der Waals surface area (Å²) in [5.74, 6) is 1.33. The van der Waals surface area contributed by atoms with Crippen molar-refractivity contribution in [3.63, 3.8) is 0 Å². The largest absolute Gasteiger partial charge is 0.0637 e. The summed E-state index contributed by atoms with van der Waals surface area (Å²) < 4.78 is 0. The van der Waals surface area contributed by atoms with Gasteiger partial charge in [0.05, 0.1) is 5.92 Å². The van der Waals surface area contributed by atoms with E-state index in [9.17, 15) is 0 Å². The molecule has 22 heavy (non-hydrogen) atoms. The zero-order valence-electron chi connectivity index (χ0n) is 13.4. The lowest BCUT2D eigenvalue weighted by Gasteiger charge is -2.23. The molecule has 0 atom stereocenters. The summed E-state index contributed by atoms with van der Waals surface area (Å²) in [6, 6.07) is 25.9. The molecule has 109 valence electrons. The molecule has 0 saturated carbocycles. The highest BCUT2D eigenvalue weighted by molar-refractivity contribution is 5.62. The van der Waals surface area contributed by atoms with Crippen molar-refractivity contribution in [2.75, 3.05) is 0 Å². The summed E-state index contributed by atoms with van der Waals surface area (Å²) in [4.78, 5) is 0. The topological polar surface area (TPSA) is 0 Å². The standard InChI is InChI=1S/C22H21/c1-16-10-4-7-13-19(16)22(20-14-8-5-11-17(20)2)21-15-9-6-12-18(21)3/h4-15H,1-3H3. The van der Waals surface area contributed by atoms with Crippen molar-refractivity contribution in [3.05, 3.63) is 112 Å². The van der Waals surface area contributed by atoms with Gasteiger partial charge in [-0.1, -0.05) is 72.8 Å². The van der Waals surface area contributed by atoms with Gasteiger partial charge in [-0.25, -0.2) is 0 Å². The second-order valence-electron chi connectivity index (χ2n) is 5.82. The van der Waals surface area contributed by atoms with Gasteiger partial charge in [0.2, 0.25) is 0 Å². The molecule has 0 aliphatic heterocycles. The number of hydrogen-bond donors (Lipinski definition) is 0. The van der Waals surface area contributed by atoms with Gasteiger partial charge in [-0.05, 0) is 54.2 Å². The van der Waals surface area contributed by atoms with E-state index in [0.29, 0.717) is 0 Å². The number of rotatable bonds is 3. The third-order valence-corrected chi connectivity index (χ3v) is 4.24. The van der Waals surface area contributed by atoms with Gasteiger partial charge < -0.3 is 0 Å². The maximum atomic E-state index is 2.23. The van der Waals surface area contributed by atoms with Gasteiger partial charge in [-0.3, -0.25) is 0 Å². The molecule has 1 radical (unpaired) electrons. The van der Waals surface area contributed by atoms with E-state index in [1.54, 1.807) is 0 Å². The summed E-state index contributed by atoms with van der Waals surface area (Å²) in [5, 5.41) is 0. The maximum Gasteiger partial charge on any atom is 0.0637 e. The van der Waals surface area contributed by atoms with E-state index in [-0.39, 0.29) is 0 Å². The van der Waals surface area contributed by atoms with Gasteiger partial charge >= 0.3 is 0 Å².